The molecule has 0 saturated carbocycles. The molecule has 1 aliphatic heterocycles. The summed E-state index contributed by atoms with van der Waals surface area (Å²) < 4.78 is 75.2. The van der Waals surface area contributed by atoms with Crippen LogP contribution in [-0.4, -0.2) is 216 Å². The Bertz CT molecular complexity index is 2570. The number of carbonyl (C=O) groups is 7. The van der Waals surface area contributed by atoms with Crippen molar-refractivity contribution in [3.8, 4) is 11.3 Å². The summed E-state index contributed by atoms with van der Waals surface area (Å²) in [6.07, 6.45) is 4.24. The predicted octanol–water partition coefficient (Wildman–Crippen LogP) is 2.89. The lowest BCUT2D eigenvalue weighted by molar-refractivity contribution is -0.140. The number of nitrogens with zero attached hydrogens (tertiary/aromatic N) is 4. The number of benzene rings is 2. The van der Waals surface area contributed by atoms with Crippen LogP contribution in [-0.2, 0) is 78.0 Å². The third kappa shape index (κ3) is 27.0. The molecule has 86 heavy (non-hydrogen) atoms. The summed E-state index contributed by atoms with van der Waals surface area (Å²) in [6, 6.07) is 9.88. The molecule has 1 aromatic heterocycles. The van der Waals surface area contributed by atoms with Crippen LogP contribution in [0.25, 0.3) is 11.3 Å². The first-order valence-corrected chi connectivity index (χ1v) is 29.1. The van der Waals surface area contributed by atoms with Crippen LogP contribution >= 0.6 is 0 Å². The van der Waals surface area contributed by atoms with Crippen LogP contribution in [0.3, 0.4) is 0 Å². The molecule has 0 fully saturated rings. The van der Waals surface area contributed by atoms with Crippen LogP contribution in [0, 0.1) is 23.0 Å². The highest BCUT2D eigenvalue weighted by Crippen LogP contribution is 2.39. The maximum atomic E-state index is 15.1. The molecule has 3 aromatic rings. The Labute approximate surface area is 502 Å². The van der Waals surface area contributed by atoms with E-state index in [4.69, 9.17) is 42.9 Å². The molecule has 0 aliphatic carbocycles. The minimum absolute atomic E-state index is 0.0121. The molecule has 3 atom stereocenters. The zero-order chi connectivity index (χ0) is 62.7. The molecule has 26 heteroatoms. The van der Waals surface area contributed by atoms with Crippen LogP contribution in [0.2, 0.25) is 0 Å². The Kier molecular flexibility index (Phi) is 33.4. The molecule has 0 radical (unpaired) electrons. The smallest absolute Gasteiger partial charge is 0.253 e. The largest absolute Gasteiger partial charge is 0.387 e. The Morgan fingerprint density at radius 2 is 1.19 bits per heavy atom. The summed E-state index contributed by atoms with van der Waals surface area (Å²) in [4.78, 5) is 95.2. The molecule has 0 spiro atoms. The van der Waals surface area contributed by atoms with Crippen LogP contribution in [0.4, 0.5) is 8.78 Å². The molecular formula is C60H88F2N8O16. The van der Waals surface area contributed by atoms with E-state index in [1.54, 1.807) is 24.6 Å². The second kappa shape index (κ2) is 40.0. The highest BCUT2D eigenvalue weighted by Gasteiger charge is 2.38. The van der Waals surface area contributed by atoms with Gasteiger partial charge in [0, 0.05) is 69.5 Å². The fourth-order valence-electron chi connectivity index (χ4n) is 8.65. The van der Waals surface area contributed by atoms with Crippen molar-refractivity contribution in [2.75, 3.05) is 138 Å². The predicted molar refractivity (Wildman–Crippen MR) is 311 cm³/mol. The number of hydrogen-bond donors (Lipinski definition) is 5. The number of aromatic nitrogens is 2. The van der Waals surface area contributed by atoms with Crippen molar-refractivity contribution in [3.63, 3.8) is 0 Å². The van der Waals surface area contributed by atoms with E-state index < -0.39 is 77.2 Å². The molecular weight excluding hydrogens is 1130 g/mol. The van der Waals surface area contributed by atoms with Crippen LogP contribution in [0.1, 0.15) is 78.2 Å². The monoisotopic (exact) mass is 1210 g/mol. The molecule has 2 heterocycles. The number of halogens is 2. The van der Waals surface area contributed by atoms with Gasteiger partial charge in [-0.2, -0.15) is 0 Å². The van der Waals surface area contributed by atoms with Gasteiger partial charge in [0.25, 0.3) is 11.8 Å². The summed E-state index contributed by atoms with van der Waals surface area (Å²) >= 11 is 0. The van der Waals surface area contributed by atoms with Crippen molar-refractivity contribution in [1.82, 2.24) is 40.6 Å². The Hall–Kier alpha value is -6.62. The molecule has 0 saturated heterocycles. The normalized spacial score (nSPS) is 13.5. The average molecular weight is 1220 g/mol. The first-order valence-electron chi connectivity index (χ1n) is 29.1. The summed E-state index contributed by atoms with van der Waals surface area (Å²) in [5.41, 5.74) is 0.324. The van der Waals surface area contributed by atoms with Gasteiger partial charge in [-0.05, 0) is 48.4 Å². The maximum Gasteiger partial charge on any atom is 0.253 e. The SMILES string of the molecule is CC(C)[C@H](NC(=O)CCOCCOCCOCCOCCOCCOCCOCCOCCNC(=O)CCN1C(=O)C=CC1=O)C(=O)N[C@@H](C)C(=O)NCCCN(C(=O)CO)[C@@H](c1nc(-c2cc(F)ccc2F)cn1Cc1ccccc1)C(C)(C)C. The maximum absolute atomic E-state index is 15.1. The zero-order valence-corrected chi connectivity index (χ0v) is 50.5. The fourth-order valence-corrected chi connectivity index (χ4v) is 8.65. The number of carbonyl (C=O) groups excluding carboxylic acids is 7. The van der Waals surface area contributed by atoms with E-state index in [-0.39, 0.29) is 81.8 Å². The number of aliphatic hydroxyl groups is 1. The molecule has 478 valence electrons. The highest BCUT2D eigenvalue weighted by atomic mass is 19.1. The minimum Gasteiger partial charge on any atom is -0.387 e. The van der Waals surface area contributed by atoms with E-state index in [1.165, 1.54) is 24.0 Å². The Morgan fingerprint density at radius 3 is 1.71 bits per heavy atom. The van der Waals surface area contributed by atoms with E-state index in [9.17, 15) is 43.1 Å². The summed E-state index contributed by atoms with van der Waals surface area (Å²) in [7, 11) is 0. The van der Waals surface area contributed by atoms with Crippen LogP contribution in [0.5, 0.6) is 0 Å². The molecule has 2 aromatic carbocycles. The van der Waals surface area contributed by atoms with E-state index >= 15 is 4.39 Å². The quantitative estimate of drug-likeness (QED) is 0.0402. The number of nitrogens with one attached hydrogen (secondary N) is 4. The molecule has 0 unspecified atom stereocenters. The van der Waals surface area contributed by atoms with Crippen molar-refractivity contribution >= 4 is 41.4 Å². The van der Waals surface area contributed by atoms with Gasteiger partial charge in [-0.3, -0.25) is 38.5 Å². The Balaban J connectivity index is 0.999. The summed E-state index contributed by atoms with van der Waals surface area (Å²) in [5.74, 6) is -4.40. The molecule has 5 N–H and O–H groups in total. The van der Waals surface area contributed by atoms with Gasteiger partial charge in [-0.15, -0.1) is 0 Å². The lowest BCUT2D eigenvalue weighted by Crippen LogP contribution is -2.54. The Morgan fingerprint density at radius 1 is 0.651 bits per heavy atom. The molecule has 7 amide bonds. The first kappa shape index (κ1) is 71.9. The number of amides is 7. The van der Waals surface area contributed by atoms with Gasteiger partial charge in [-0.25, -0.2) is 13.8 Å². The lowest BCUT2D eigenvalue weighted by Gasteiger charge is -2.40. The highest BCUT2D eigenvalue weighted by molar-refractivity contribution is 6.13. The lowest BCUT2D eigenvalue weighted by atomic mass is 9.84. The van der Waals surface area contributed by atoms with Crippen LogP contribution < -0.4 is 21.3 Å². The number of hydrogen-bond acceptors (Lipinski definition) is 17. The number of imide groups is 1. The van der Waals surface area contributed by atoms with Gasteiger partial charge in [0.15, 0.2) is 0 Å². The van der Waals surface area contributed by atoms with Gasteiger partial charge in [0.05, 0.1) is 117 Å². The molecule has 0 bridgehead atoms. The second-order valence-electron chi connectivity index (χ2n) is 21.3. The van der Waals surface area contributed by atoms with E-state index in [0.29, 0.717) is 105 Å². The average Bonchev–Trinajstić information content (AvgIpc) is 1.83. The van der Waals surface area contributed by atoms with E-state index in [2.05, 4.69) is 21.3 Å². The van der Waals surface area contributed by atoms with E-state index in [1.807, 2.05) is 51.1 Å². The molecule has 1 aliphatic rings. The zero-order valence-electron chi connectivity index (χ0n) is 50.5. The third-order valence-electron chi connectivity index (χ3n) is 13.0. The van der Waals surface area contributed by atoms with Crippen LogP contribution in [0.15, 0.2) is 66.9 Å². The van der Waals surface area contributed by atoms with Crippen molar-refractivity contribution in [2.45, 2.75) is 85.5 Å². The van der Waals surface area contributed by atoms with Crippen molar-refractivity contribution in [1.29, 1.82) is 0 Å². The van der Waals surface area contributed by atoms with Crippen molar-refractivity contribution in [2.24, 2.45) is 11.3 Å². The molecule has 4 rings (SSSR count). The van der Waals surface area contributed by atoms with Gasteiger partial charge >= 0.3 is 0 Å². The van der Waals surface area contributed by atoms with Gasteiger partial charge in [0.1, 0.15) is 36.1 Å². The summed E-state index contributed by atoms with van der Waals surface area (Å²) in [5, 5.41) is 21.1. The second-order valence-corrected chi connectivity index (χ2v) is 21.3. The van der Waals surface area contributed by atoms with Crippen molar-refractivity contribution in [3.05, 3.63) is 89.9 Å². The van der Waals surface area contributed by atoms with Gasteiger partial charge in [0.2, 0.25) is 29.5 Å². The first-order chi connectivity index (χ1) is 41.3. The number of rotatable bonds is 45. The minimum atomic E-state index is -0.985. The van der Waals surface area contributed by atoms with E-state index in [0.717, 1.165) is 28.7 Å². The standard InChI is InChI=1S/C60H88F2N8O16/c1-43(2)55(67-51(73)18-23-79-25-27-81-29-31-83-33-35-85-37-38-86-36-34-84-32-30-82-28-26-80-24-20-63-50(72)17-22-69-52(74)15-16-53(69)75)59(78)65-44(3)58(77)64-19-10-21-70(54(76)42-71)56(60(4,5)6)57-66-49(47-39-46(61)13-14-48(47)62)41-68(57)40-45-11-8-7-9-12-45/h7-9,11-16,39,41,43-44,55-56,71H,10,17-38,40,42H2,1-6H3,(H,63,72)(H,64,77)(H,65,78)(H,67,73)/t44-,55-,56-/m0/s1. The number of aliphatic hydroxyl groups excluding tert-OH is 1. The number of imidazole rings is 1. The van der Waals surface area contributed by atoms with Crippen molar-refractivity contribution < 1.29 is 85.3 Å². The summed E-state index contributed by atoms with van der Waals surface area (Å²) in [6.45, 7) is 16.2. The number of ether oxygens (including phenoxy) is 8. The topological polar surface area (TPSA) is 286 Å². The fraction of sp³-hybridized carbons (Fsp3) is 0.600. The van der Waals surface area contributed by atoms with Gasteiger partial charge < -0.3 is 73.7 Å². The molecule has 24 nitrogen and oxygen atoms in total. The van der Waals surface area contributed by atoms with Gasteiger partial charge in [-0.1, -0.05) is 65.0 Å². The third-order valence-corrected chi connectivity index (χ3v) is 13.0.